The Kier molecular flexibility index (Phi) is 6.78. The zero-order chi connectivity index (χ0) is 27.1. The third-order valence-electron chi connectivity index (χ3n) is 5.55. The number of rotatable bonds is 8. The second-order valence-electron chi connectivity index (χ2n) is 9.71. The quantitative estimate of drug-likeness (QED) is 0.322. The molecule has 3 aromatic rings. The summed E-state index contributed by atoms with van der Waals surface area (Å²) in [7, 11) is -4.14. The normalized spacial score (nSPS) is 13.9. The van der Waals surface area contributed by atoms with Crippen LogP contribution in [0.4, 0.5) is 15.8 Å². The summed E-state index contributed by atoms with van der Waals surface area (Å²) >= 11 is 0. The molecule has 0 unspecified atom stereocenters. The maximum Gasteiger partial charge on any atom is 0.276 e. The van der Waals surface area contributed by atoms with Gasteiger partial charge in [0, 0.05) is 29.4 Å². The van der Waals surface area contributed by atoms with Gasteiger partial charge in [-0.25, -0.2) is 22.2 Å². The molecular weight excluding hydrogens is 505 g/mol. The van der Waals surface area contributed by atoms with Crippen LogP contribution in [0.2, 0.25) is 0 Å². The molecule has 1 aliphatic rings. The van der Waals surface area contributed by atoms with E-state index < -0.39 is 42.8 Å². The third kappa shape index (κ3) is 5.78. The van der Waals surface area contributed by atoms with Gasteiger partial charge in [-0.1, -0.05) is 0 Å². The summed E-state index contributed by atoms with van der Waals surface area (Å²) in [5.74, 6) is -1.10. The summed E-state index contributed by atoms with van der Waals surface area (Å²) in [6.07, 6.45) is 1.35. The molecule has 0 radical (unpaired) electrons. The average molecular weight is 532 g/mol. The van der Waals surface area contributed by atoms with E-state index in [9.17, 15) is 27.7 Å². The van der Waals surface area contributed by atoms with Crippen LogP contribution in [-0.2, 0) is 15.6 Å². The van der Waals surface area contributed by atoms with Gasteiger partial charge < -0.3 is 10.1 Å². The molecular formula is C24H26FN5O6S. The molecule has 0 spiro atoms. The van der Waals surface area contributed by atoms with Crippen molar-refractivity contribution in [1.82, 2.24) is 14.5 Å². The molecule has 4 rings (SSSR count). The van der Waals surface area contributed by atoms with Crippen LogP contribution < -0.4 is 14.8 Å². The van der Waals surface area contributed by atoms with Crippen LogP contribution in [0, 0.1) is 22.9 Å². The number of halogens is 1. The van der Waals surface area contributed by atoms with E-state index in [0.29, 0.717) is 24.1 Å². The van der Waals surface area contributed by atoms with Crippen molar-refractivity contribution >= 4 is 27.3 Å². The highest BCUT2D eigenvalue weighted by Crippen LogP contribution is 2.37. The molecule has 37 heavy (non-hydrogen) atoms. The fourth-order valence-corrected chi connectivity index (χ4v) is 4.94. The number of sulfonamides is 1. The number of nitro groups is 1. The molecule has 1 amide bonds. The number of ether oxygens (including phenoxy) is 1. The van der Waals surface area contributed by atoms with Gasteiger partial charge in [-0.05, 0) is 70.9 Å². The lowest BCUT2D eigenvalue weighted by atomic mass is 10.1. The number of hydrogen-bond donors (Lipinski definition) is 2. The predicted octanol–water partition coefficient (Wildman–Crippen LogP) is 4.48. The number of benzene rings is 2. The van der Waals surface area contributed by atoms with Crippen molar-refractivity contribution in [2.24, 2.45) is 0 Å². The molecule has 11 nitrogen and oxygen atoms in total. The standard InChI is InChI=1S/C24H26FN5O6S/c1-14-21(22(31)26-16-7-5-15(25)6-8-16)27-29(24(2,3)4)23(14)36-19-12-11-18(30(32)33)13-20(19)37(34,35)28-17-9-10-17/h5-8,11-13,17,28H,9-10H2,1-4H3,(H,26,31). The van der Waals surface area contributed by atoms with Gasteiger partial charge in [0.15, 0.2) is 5.69 Å². The van der Waals surface area contributed by atoms with Crippen molar-refractivity contribution in [1.29, 1.82) is 0 Å². The topological polar surface area (TPSA) is 145 Å². The lowest BCUT2D eigenvalue weighted by Crippen LogP contribution is -2.27. The largest absolute Gasteiger partial charge is 0.438 e. The minimum absolute atomic E-state index is 0.0108. The summed E-state index contributed by atoms with van der Waals surface area (Å²) in [6, 6.07) is 8.27. The van der Waals surface area contributed by atoms with E-state index in [0.717, 1.165) is 12.1 Å². The summed E-state index contributed by atoms with van der Waals surface area (Å²) in [4.78, 5) is 23.3. The van der Waals surface area contributed by atoms with E-state index in [-0.39, 0.29) is 23.4 Å². The first-order valence-corrected chi connectivity index (χ1v) is 12.9. The fourth-order valence-electron chi connectivity index (χ4n) is 3.49. The predicted molar refractivity (Wildman–Crippen MR) is 133 cm³/mol. The first-order valence-electron chi connectivity index (χ1n) is 11.4. The van der Waals surface area contributed by atoms with Gasteiger partial charge in [0.05, 0.1) is 10.5 Å². The van der Waals surface area contributed by atoms with Gasteiger partial charge in [-0.2, -0.15) is 5.10 Å². The second kappa shape index (κ2) is 9.56. The molecule has 13 heteroatoms. The minimum Gasteiger partial charge on any atom is -0.438 e. The number of carbonyl (C=O) groups excluding carboxylic acids is 1. The molecule has 0 bridgehead atoms. The number of amides is 1. The third-order valence-corrected chi connectivity index (χ3v) is 7.10. The zero-order valence-electron chi connectivity index (χ0n) is 20.6. The lowest BCUT2D eigenvalue weighted by molar-refractivity contribution is -0.385. The summed E-state index contributed by atoms with van der Waals surface area (Å²) < 4.78 is 49.3. The second-order valence-corrected chi connectivity index (χ2v) is 11.4. The van der Waals surface area contributed by atoms with Crippen LogP contribution in [-0.4, -0.2) is 35.1 Å². The molecule has 0 aliphatic heterocycles. The Labute approximate surface area is 212 Å². The van der Waals surface area contributed by atoms with E-state index in [1.807, 2.05) is 20.8 Å². The fraction of sp³-hybridized carbons (Fsp3) is 0.333. The van der Waals surface area contributed by atoms with Gasteiger partial charge in [0.25, 0.3) is 11.6 Å². The maximum absolute atomic E-state index is 13.2. The molecule has 0 atom stereocenters. The van der Waals surface area contributed by atoms with Crippen molar-refractivity contribution in [3.05, 3.63) is 69.7 Å². The minimum atomic E-state index is -4.14. The Morgan fingerprint density at radius 3 is 2.41 bits per heavy atom. The molecule has 0 saturated heterocycles. The Balaban J connectivity index is 1.76. The average Bonchev–Trinajstić information content (AvgIpc) is 3.55. The number of nitro benzene ring substituents is 1. The van der Waals surface area contributed by atoms with Crippen LogP contribution in [0.15, 0.2) is 47.4 Å². The molecule has 1 heterocycles. The Hall–Kier alpha value is -3.84. The van der Waals surface area contributed by atoms with Gasteiger partial charge >= 0.3 is 0 Å². The van der Waals surface area contributed by atoms with E-state index in [1.165, 1.54) is 35.0 Å². The van der Waals surface area contributed by atoms with E-state index in [4.69, 9.17) is 4.74 Å². The molecule has 2 N–H and O–H groups in total. The summed E-state index contributed by atoms with van der Waals surface area (Å²) in [6.45, 7) is 7.04. The van der Waals surface area contributed by atoms with Crippen molar-refractivity contribution in [2.75, 3.05) is 5.32 Å². The number of aromatic nitrogens is 2. The van der Waals surface area contributed by atoms with Gasteiger partial charge in [0.1, 0.15) is 16.5 Å². The molecule has 1 aromatic heterocycles. The van der Waals surface area contributed by atoms with Crippen LogP contribution in [0.5, 0.6) is 11.6 Å². The smallest absolute Gasteiger partial charge is 0.276 e. The van der Waals surface area contributed by atoms with Gasteiger partial charge in [-0.3, -0.25) is 14.9 Å². The maximum atomic E-state index is 13.2. The highest BCUT2D eigenvalue weighted by atomic mass is 32.2. The Morgan fingerprint density at radius 2 is 1.84 bits per heavy atom. The van der Waals surface area contributed by atoms with Crippen LogP contribution in [0.1, 0.15) is 49.7 Å². The summed E-state index contributed by atoms with van der Waals surface area (Å²) in [5.41, 5.74) is -0.430. The number of non-ortho nitro benzene ring substituents is 1. The van der Waals surface area contributed by atoms with E-state index in [1.54, 1.807) is 6.92 Å². The SMILES string of the molecule is Cc1c(C(=O)Nc2ccc(F)cc2)nn(C(C)(C)C)c1Oc1ccc([N+](=O)[O-])cc1S(=O)(=O)NC1CC1. The van der Waals surface area contributed by atoms with E-state index >= 15 is 0 Å². The first-order chi connectivity index (χ1) is 17.3. The molecule has 1 aliphatic carbocycles. The molecule has 196 valence electrons. The number of carbonyl (C=O) groups is 1. The van der Waals surface area contributed by atoms with Crippen molar-refractivity contribution in [2.45, 2.75) is 57.0 Å². The van der Waals surface area contributed by atoms with Crippen LogP contribution >= 0.6 is 0 Å². The molecule has 1 fully saturated rings. The monoisotopic (exact) mass is 531 g/mol. The van der Waals surface area contributed by atoms with Gasteiger partial charge in [0.2, 0.25) is 15.9 Å². The number of nitrogens with one attached hydrogen (secondary N) is 2. The zero-order valence-corrected chi connectivity index (χ0v) is 21.4. The number of anilines is 1. The van der Waals surface area contributed by atoms with Crippen molar-refractivity contribution < 1.29 is 27.3 Å². The highest BCUT2D eigenvalue weighted by Gasteiger charge is 2.33. The number of hydrogen-bond acceptors (Lipinski definition) is 7. The lowest BCUT2D eigenvalue weighted by Gasteiger charge is -2.22. The van der Waals surface area contributed by atoms with Crippen LogP contribution in [0.25, 0.3) is 0 Å². The number of nitrogens with zero attached hydrogens (tertiary/aromatic N) is 3. The first kappa shape index (κ1) is 26.2. The highest BCUT2D eigenvalue weighted by molar-refractivity contribution is 7.89. The van der Waals surface area contributed by atoms with Crippen LogP contribution in [0.3, 0.4) is 0 Å². The molecule has 1 saturated carbocycles. The van der Waals surface area contributed by atoms with E-state index in [2.05, 4.69) is 15.1 Å². The summed E-state index contributed by atoms with van der Waals surface area (Å²) in [5, 5.41) is 18.4. The molecule has 2 aromatic carbocycles. The van der Waals surface area contributed by atoms with Crippen molar-refractivity contribution in [3.8, 4) is 11.6 Å². The Bertz CT molecular complexity index is 1470. The van der Waals surface area contributed by atoms with Gasteiger partial charge in [-0.15, -0.1) is 0 Å². The van der Waals surface area contributed by atoms with Crippen molar-refractivity contribution in [3.63, 3.8) is 0 Å². The Morgan fingerprint density at radius 1 is 1.19 bits per heavy atom.